The number of halogens is 1. The minimum Gasteiger partial charge on any atom is -0.464 e. The van der Waals surface area contributed by atoms with E-state index in [4.69, 9.17) is 4.42 Å². The molecule has 0 atom stereocenters. The largest absolute Gasteiger partial charge is 0.464 e. The van der Waals surface area contributed by atoms with Crippen LogP contribution in [0.3, 0.4) is 0 Å². The van der Waals surface area contributed by atoms with E-state index in [1.54, 1.807) is 0 Å². The first-order valence-electron chi connectivity index (χ1n) is 7.40. The molecule has 0 saturated heterocycles. The molecular weight excluding hydrogens is 328 g/mol. The van der Waals surface area contributed by atoms with Crippen molar-refractivity contribution in [1.82, 2.24) is 5.32 Å². The van der Waals surface area contributed by atoms with E-state index in [9.17, 15) is 0 Å². The van der Waals surface area contributed by atoms with Crippen LogP contribution in [0.15, 0.2) is 39.2 Å². The summed E-state index contributed by atoms with van der Waals surface area (Å²) in [6.07, 6.45) is 2.65. The predicted molar refractivity (Wildman–Crippen MR) is 89.6 cm³/mol. The van der Waals surface area contributed by atoms with Gasteiger partial charge in [0.05, 0.1) is 12.2 Å². The highest BCUT2D eigenvalue weighted by atomic mass is 79.9. The van der Waals surface area contributed by atoms with Crippen molar-refractivity contribution in [3.8, 4) is 0 Å². The van der Waals surface area contributed by atoms with Crippen molar-refractivity contribution in [2.75, 3.05) is 11.9 Å². The van der Waals surface area contributed by atoms with E-state index < -0.39 is 0 Å². The quantitative estimate of drug-likeness (QED) is 0.846. The topological polar surface area (TPSA) is 28.4 Å². The van der Waals surface area contributed by atoms with Crippen LogP contribution in [0.25, 0.3) is 0 Å². The monoisotopic (exact) mass is 348 g/mol. The Labute approximate surface area is 134 Å². The van der Waals surface area contributed by atoms with Gasteiger partial charge in [0.25, 0.3) is 0 Å². The number of furan rings is 1. The number of benzene rings is 1. The minimum atomic E-state index is 0.744. The number of anilines is 1. The molecule has 0 radical (unpaired) electrons. The first-order valence-corrected chi connectivity index (χ1v) is 8.19. The third-order valence-corrected chi connectivity index (χ3v) is 4.42. The van der Waals surface area contributed by atoms with Crippen LogP contribution in [0.5, 0.6) is 0 Å². The molecule has 21 heavy (non-hydrogen) atoms. The molecule has 3 nitrogen and oxygen atoms in total. The van der Waals surface area contributed by atoms with Gasteiger partial charge in [-0.3, -0.25) is 0 Å². The van der Waals surface area contributed by atoms with Crippen LogP contribution in [-0.4, -0.2) is 13.1 Å². The lowest BCUT2D eigenvalue weighted by Gasteiger charge is -2.20. The summed E-state index contributed by atoms with van der Waals surface area (Å²) in [4.78, 5) is 2.19. The maximum Gasteiger partial charge on any atom is 0.123 e. The fourth-order valence-electron chi connectivity index (χ4n) is 2.41. The highest BCUT2D eigenvalue weighted by Gasteiger charge is 2.20. The van der Waals surface area contributed by atoms with E-state index in [0.29, 0.717) is 0 Å². The molecule has 1 fully saturated rings. The summed E-state index contributed by atoms with van der Waals surface area (Å²) < 4.78 is 6.77. The van der Waals surface area contributed by atoms with Crippen molar-refractivity contribution in [1.29, 1.82) is 0 Å². The van der Waals surface area contributed by atoms with Gasteiger partial charge in [-0.2, -0.15) is 0 Å². The van der Waals surface area contributed by atoms with Crippen molar-refractivity contribution < 1.29 is 4.42 Å². The molecule has 0 spiro atoms. The molecule has 4 heteroatoms. The van der Waals surface area contributed by atoms with Crippen molar-refractivity contribution >= 4 is 21.6 Å². The molecular formula is C17H21BrN2O. The molecule has 2 aromatic rings. The lowest BCUT2D eigenvalue weighted by Crippen LogP contribution is -2.17. The van der Waals surface area contributed by atoms with Gasteiger partial charge in [-0.25, -0.2) is 0 Å². The third-order valence-electron chi connectivity index (χ3n) is 3.78. The van der Waals surface area contributed by atoms with Crippen molar-refractivity contribution in [3.05, 3.63) is 51.9 Å². The van der Waals surface area contributed by atoms with Gasteiger partial charge in [0.15, 0.2) is 0 Å². The van der Waals surface area contributed by atoms with Gasteiger partial charge in [0.2, 0.25) is 0 Å². The van der Waals surface area contributed by atoms with Gasteiger partial charge in [-0.15, -0.1) is 0 Å². The van der Waals surface area contributed by atoms with Crippen molar-refractivity contribution in [2.45, 2.75) is 38.9 Å². The second kappa shape index (κ2) is 6.24. The standard InChI is InChI=1S/C17H21BrN2O/c1-12-3-7-15(21-12)11-20(2)17-8-4-13(9-16(17)18)10-19-14-5-6-14/h3-4,7-9,14,19H,5-6,10-11H2,1-2H3. The SMILES string of the molecule is Cc1ccc(CN(C)c2ccc(CNC3CC3)cc2Br)o1. The molecule has 1 N–H and O–H groups in total. The lowest BCUT2D eigenvalue weighted by molar-refractivity contribution is 0.481. The Kier molecular flexibility index (Phi) is 4.36. The van der Waals surface area contributed by atoms with Crippen LogP contribution < -0.4 is 10.2 Å². The van der Waals surface area contributed by atoms with Crippen LogP contribution in [0.1, 0.15) is 29.9 Å². The predicted octanol–water partition coefficient (Wildman–Crippen LogP) is 4.24. The summed E-state index contributed by atoms with van der Waals surface area (Å²) in [5, 5.41) is 3.54. The van der Waals surface area contributed by atoms with Crippen LogP contribution in [-0.2, 0) is 13.1 Å². The van der Waals surface area contributed by atoms with Gasteiger partial charge in [-0.05, 0) is 65.5 Å². The Morgan fingerprint density at radius 3 is 2.71 bits per heavy atom. The first-order chi connectivity index (χ1) is 10.1. The number of aryl methyl sites for hydroxylation is 1. The molecule has 1 heterocycles. The number of hydrogen-bond acceptors (Lipinski definition) is 3. The van der Waals surface area contributed by atoms with E-state index in [2.05, 4.69) is 51.4 Å². The highest BCUT2D eigenvalue weighted by molar-refractivity contribution is 9.10. The molecule has 1 aromatic carbocycles. The van der Waals surface area contributed by atoms with Crippen molar-refractivity contribution in [3.63, 3.8) is 0 Å². The summed E-state index contributed by atoms with van der Waals surface area (Å²) in [7, 11) is 2.08. The molecule has 0 amide bonds. The number of nitrogens with zero attached hydrogens (tertiary/aromatic N) is 1. The fourth-order valence-corrected chi connectivity index (χ4v) is 3.14. The maximum absolute atomic E-state index is 5.64. The Morgan fingerprint density at radius 2 is 2.10 bits per heavy atom. The molecule has 1 aliphatic rings. The van der Waals surface area contributed by atoms with Crippen LogP contribution in [0.4, 0.5) is 5.69 Å². The third kappa shape index (κ3) is 3.89. The molecule has 1 aliphatic carbocycles. The molecule has 0 aliphatic heterocycles. The lowest BCUT2D eigenvalue weighted by atomic mass is 10.2. The van der Waals surface area contributed by atoms with Gasteiger partial charge < -0.3 is 14.6 Å². The Balaban J connectivity index is 1.65. The number of hydrogen-bond donors (Lipinski definition) is 1. The maximum atomic E-state index is 5.64. The summed E-state index contributed by atoms with van der Waals surface area (Å²) in [6.45, 7) is 3.69. The molecule has 0 bridgehead atoms. The summed E-state index contributed by atoms with van der Waals surface area (Å²) >= 11 is 3.69. The average Bonchev–Trinajstić information content (AvgIpc) is 3.19. The number of nitrogens with one attached hydrogen (secondary N) is 1. The fraction of sp³-hybridized carbons (Fsp3) is 0.412. The van der Waals surface area contributed by atoms with Crippen LogP contribution in [0.2, 0.25) is 0 Å². The van der Waals surface area contributed by atoms with E-state index >= 15 is 0 Å². The van der Waals surface area contributed by atoms with E-state index in [0.717, 1.165) is 35.1 Å². The molecule has 1 aromatic heterocycles. The zero-order valence-electron chi connectivity index (χ0n) is 12.5. The normalized spacial score (nSPS) is 14.4. The van der Waals surface area contributed by atoms with Gasteiger partial charge >= 0.3 is 0 Å². The van der Waals surface area contributed by atoms with Crippen LogP contribution in [0, 0.1) is 6.92 Å². The summed E-state index contributed by atoms with van der Waals surface area (Å²) in [5.41, 5.74) is 2.50. The Morgan fingerprint density at radius 1 is 1.29 bits per heavy atom. The zero-order valence-corrected chi connectivity index (χ0v) is 14.1. The first kappa shape index (κ1) is 14.7. The van der Waals surface area contributed by atoms with E-state index in [-0.39, 0.29) is 0 Å². The highest BCUT2D eigenvalue weighted by Crippen LogP contribution is 2.28. The van der Waals surface area contributed by atoms with E-state index in [1.165, 1.54) is 24.1 Å². The smallest absolute Gasteiger partial charge is 0.123 e. The second-order valence-electron chi connectivity index (χ2n) is 5.81. The van der Waals surface area contributed by atoms with Crippen LogP contribution >= 0.6 is 15.9 Å². The molecule has 112 valence electrons. The number of rotatable bonds is 6. The van der Waals surface area contributed by atoms with Gasteiger partial charge in [0.1, 0.15) is 11.5 Å². The van der Waals surface area contributed by atoms with E-state index in [1.807, 2.05) is 19.1 Å². The van der Waals surface area contributed by atoms with Crippen molar-refractivity contribution in [2.24, 2.45) is 0 Å². The Bertz CT molecular complexity index is 619. The Hall–Kier alpha value is -1.26. The second-order valence-corrected chi connectivity index (χ2v) is 6.66. The molecule has 3 rings (SSSR count). The summed E-state index contributed by atoms with van der Waals surface area (Å²) in [5.74, 6) is 1.94. The van der Waals surface area contributed by atoms with Gasteiger partial charge in [-0.1, -0.05) is 6.07 Å². The minimum absolute atomic E-state index is 0.744. The molecule has 1 saturated carbocycles. The molecule has 0 unspecified atom stereocenters. The van der Waals surface area contributed by atoms with Gasteiger partial charge in [0, 0.05) is 24.1 Å². The zero-order chi connectivity index (χ0) is 14.8. The average molecular weight is 349 g/mol. The summed E-state index contributed by atoms with van der Waals surface area (Å²) in [6, 6.07) is 11.4.